The molecule has 0 saturated carbocycles. The lowest BCUT2D eigenvalue weighted by atomic mass is 10.3. The molecule has 1 aromatic carbocycles. The Labute approximate surface area is 113 Å². The molecule has 7 heteroatoms. The molecule has 1 heterocycles. The van der Waals surface area contributed by atoms with Crippen molar-refractivity contribution in [3.63, 3.8) is 0 Å². The van der Waals surface area contributed by atoms with Crippen LogP contribution in [0.25, 0.3) is 5.69 Å². The number of nitrogen functional groups attached to an aromatic ring is 1. The first-order chi connectivity index (χ1) is 8.95. The van der Waals surface area contributed by atoms with E-state index < -0.39 is 11.8 Å². The zero-order valence-electron chi connectivity index (χ0n) is 10.3. The third-order valence-electron chi connectivity index (χ3n) is 2.62. The van der Waals surface area contributed by atoms with Gasteiger partial charge in [0.25, 0.3) is 0 Å². The summed E-state index contributed by atoms with van der Waals surface area (Å²) in [6.07, 6.45) is 0. The average molecular weight is 284 g/mol. The zero-order chi connectivity index (χ0) is 14.2. The molecule has 0 aliphatic heterocycles. The van der Waals surface area contributed by atoms with Crippen LogP contribution in [0, 0.1) is 12.7 Å². The number of aryl methyl sites for hydroxylation is 1. The van der Waals surface area contributed by atoms with Gasteiger partial charge in [-0.25, -0.2) is 14.2 Å². The average Bonchev–Trinajstić information content (AvgIpc) is 2.68. The Bertz CT molecular complexity index is 655. The predicted molar refractivity (Wildman–Crippen MR) is 69.0 cm³/mol. The van der Waals surface area contributed by atoms with Crippen LogP contribution in [-0.4, -0.2) is 22.6 Å². The Balaban J connectivity index is 2.59. The van der Waals surface area contributed by atoms with Gasteiger partial charge in [0, 0.05) is 0 Å². The van der Waals surface area contributed by atoms with Crippen LogP contribution in [0.1, 0.15) is 16.3 Å². The first-order valence-corrected chi connectivity index (χ1v) is 5.72. The van der Waals surface area contributed by atoms with Crippen molar-refractivity contribution in [3.05, 3.63) is 40.6 Å². The maximum absolute atomic E-state index is 13.5. The Morgan fingerprint density at radius 2 is 2.21 bits per heavy atom. The van der Waals surface area contributed by atoms with Crippen LogP contribution in [0.15, 0.2) is 18.2 Å². The van der Waals surface area contributed by atoms with Crippen molar-refractivity contribution in [3.8, 4) is 5.69 Å². The maximum Gasteiger partial charge on any atom is 0.360 e. The van der Waals surface area contributed by atoms with Crippen LogP contribution in [0.5, 0.6) is 0 Å². The number of benzene rings is 1. The molecule has 2 aromatic rings. The number of aromatic nitrogens is 2. The minimum atomic E-state index is -0.645. The molecular formula is C12H11ClFN3O2. The molecule has 5 nitrogen and oxygen atoms in total. The van der Waals surface area contributed by atoms with Crippen molar-refractivity contribution in [2.45, 2.75) is 6.92 Å². The van der Waals surface area contributed by atoms with E-state index in [-0.39, 0.29) is 16.5 Å². The van der Waals surface area contributed by atoms with Crippen LogP contribution in [0.2, 0.25) is 5.02 Å². The molecule has 2 rings (SSSR count). The highest BCUT2D eigenvalue weighted by atomic mass is 35.5. The summed E-state index contributed by atoms with van der Waals surface area (Å²) in [5.41, 5.74) is 6.27. The molecule has 100 valence electrons. The smallest absolute Gasteiger partial charge is 0.360 e. The summed E-state index contributed by atoms with van der Waals surface area (Å²) >= 11 is 5.62. The molecule has 1 aromatic heterocycles. The fourth-order valence-corrected chi connectivity index (χ4v) is 1.86. The molecule has 0 amide bonds. The van der Waals surface area contributed by atoms with Gasteiger partial charge in [-0.05, 0) is 25.1 Å². The fourth-order valence-electron chi connectivity index (χ4n) is 1.75. The number of hydrogen-bond donors (Lipinski definition) is 1. The third-order valence-corrected chi connectivity index (χ3v) is 2.93. The number of esters is 1. The van der Waals surface area contributed by atoms with Gasteiger partial charge in [-0.2, -0.15) is 0 Å². The summed E-state index contributed by atoms with van der Waals surface area (Å²) in [6.45, 7) is 1.65. The summed E-state index contributed by atoms with van der Waals surface area (Å²) < 4.78 is 19.5. The number of carbonyl (C=O) groups excluding carboxylic acids is 1. The molecule has 0 aliphatic rings. The van der Waals surface area contributed by atoms with E-state index in [9.17, 15) is 9.18 Å². The van der Waals surface area contributed by atoms with Crippen molar-refractivity contribution < 1.29 is 13.9 Å². The van der Waals surface area contributed by atoms with E-state index in [2.05, 4.69) is 9.72 Å². The number of hydrogen-bond acceptors (Lipinski definition) is 4. The summed E-state index contributed by atoms with van der Waals surface area (Å²) in [7, 11) is 1.23. The molecule has 19 heavy (non-hydrogen) atoms. The fraction of sp³-hybridized carbons (Fsp3) is 0.167. The number of ether oxygens (including phenoxy) is 1. The molecule has 0 unspecified atom stereocenters. The number of anilines is 1. The number of nitrogens with two attached hydrogens (primary N) is 1. The van der Waals surface area contributed by atoms with Crippen molar-refractivity contribution in [2.24, 2.45) is 0 Å². The maximum atomic E-state index is 13.5. The van der Waals surface area contributed by atoms with Crippen LogP contribution in [-0.2, 0) is 4.74 Å². The monoisotopic (exact) mass is 283 g/mol. The largest absolute Gasteiger partial charge is 0.464 e. The summed E-state index contributed by atoms with van der Waals surface area (Å²) in [6, 6.07) is 4.20. The van der Waals surface area contributed by atoms with E-state index >= 15 is 0 Å². The Hall–Kier alpha value is -2.08. The molecule has 0 atom stereocenters. The van der Waals surface area contributed by atoms with Gasteiger partial charge in [-0.3, -0.25) is 4.57 Å². The van der Waals surface area contributed by atoms with E-state index in [0.29, 0.717) is 11.5 Å². The minimum absolute atomic E-state index is 0.00430. The van der Waals surface area contributed by atoms with Crippen molar-refractivity contribution in [2.75, 3.05) is 12.8 Å². The van der Waals surface area contributed by atoms with E-state index in [1.807, 2.05) is 0 Å². The number of rotatable bonds is 2. The minimum Gasteiger partial charge on any atom is -0.464 e. The van der Waals surface area contributed by atoms with Gasteiger partial charge in [0.05, 0.1) is 17.8 Å². The number of halogens is 2. The molecule has 0 radical (unpaired) electrons. The molecule has 0 bridgehead atoms. The molecule has 0 saturated heterocycles. The van der Waals surface area contributed by atoms with Gasteiger partial charge in [0.1, 0.15) is 17.5 Å². The van der Waals surface area contributed by atoms with Gasteiger partial charge < -0.3 is 10.5 Å². The highest BCUT2D eigenvalue weighted by molar-refractivity contribution is 6.30. The second kappa shape index (κ2) is 4.89. The van der Waals surface area contributed by atoms with Gasteiger partial charge >= 0.3 is 5.97 Å². The third kappa shape index (κ3) is 2.26. The van der Waals surface area contributed by atoms with Gasteiger partial charge in [0.15, 0.2) is 5.69 Å². The number of methoxy groups -OCH3 is 1. The number of imidazole rings is 1. The lowest BCUT2D eigenvalue weighted by molar-refractivity contribution is 0.0596. The quantitative estimate of drug-likeness (QED) is 0.859. The van der Waals surface area contributed by atoms with Gasteiger partial charge in [-0.15, -0.1) is 0 Å². The summed E-state index contributed by atoms with van der Waals surface area (Å²) in [5, 5.41) is 0.00767. The zero-order valence-corrected chi connectivity index (χ0v) is 11.0. The van der Waals surface area contributed by atoms with Crippen molar-refractivity contribution >= 4 is 23.4 Å². The normalized spacial score (nSPS) is 10.5. The van der Waals surface area contributed by atoms with Crippen molar-refractivity contribution in [1.82, 2.24) is 9.55 Å². The Morgan fingerprint density at radius 3 is 2.79 bits per heavy atom. The highest BCUT2D eigenvalue weighted by Gasteiger charge is 2.20. The molecule has 0 spiro atoms. The molecule has 2 N–H and O–H groups in total. The van der Waals surface area contributed by atoms with Gasteiger partial charge in [0.2, 0.25) is 0 Å². The second-order valence-corrected chi connectivity index (χ2v) is 4.23. The summed E-state index contributed by atoms with van der Waals surface area (Å²) in [5.74, 6) is -0.689. The van der Waals surface area contributed by atoms with E-state index in [1.165, 1.54) is 23.8 Å². The molecule has 0 fully saturated rings. The van der Waals surface area contributed by atoms with Crippen LogP contribution >= 0.6 is 11.6 Å². The SMILES string of the molecule is COC(=O)c1nc(C)n(-c2ccc(Cl)c(F)c2)c1N. The lowest BCUT2D eigenvalue weighted by Crippen LogP contribution is -2.08. The van der Waals surface area contributed by atoms with E-state index in [4.69, 9.17) is 17.3 Å². The molecule has 0 aliphatic carbocycles. The number of carbonyl (C=O) groups is 1. The lowest BCUT2D eigenvalue weighted by Gasteiger charge is -2.08. The van der Waals surface area contributed by atoms with Crippen LogP contribution in [0.4, 0.5) is 10.2 Å². The van der Waals surface area contributed by atoms with Crippen molar-refractivity contribution in [1.29, 1.82) is 0 Å². The van der Waals surface area contributed by atoms with E-state index in [0.717, 1.165) is 0 Å². The van der Waals surface area contributed by atoms with Gasteiger partial charge in [-0.1, -0.05) is 11.6 Å². The van der Waals surface area contributed by atoms with Crippen LogP contribution in [0.3, 0.4) is 0 Å². The Morgan fingerprint density at radius 1 is 1.53 bits per heavy atom. The van der Waals surface area contributed by atoms with E-state index in [1.54, 1.807) is 13.0 Å². The second-order valence-electron chi connectivity index (χ2n) is 3.82. The topological polar surface area (TPSA) is 70.1 Å². The Kier molecular flexibility index (Phi) is 3.44. The van der Waals surface area contributed by atoms with Crippen LogP contribution < -0.4 is 5.73 Å². The number of nitrogens with zero attached hydrogens (tertiary/aromatic N) is 2. The first kappa shape index (κ1) is 13.4. The highest BCUT2D eigenvalue weighted by Crippen LogP contribution is 2.24. The summed E-state index contributed by atoms with van der Waals surface area (Å²) in [4.78, 5) is 15.5. The predicted octanol–water partition coefficient (Wildman–Crippen LogP) is 2.34. The first-order valence-electron chi connectivity index (χ1n) is 5.34. The standard InChI is InChI=1S/C12H11ClFN3O2/c1-6-16-10(12(18)19-2)11(15)17(6)7-3-4-8(13)9(14)5-7/h3-5H,15H2,1-2H3. The molecular weight excluding hydrogens is 273 g/mol.